The Hall–Kier alpha value is -0.950. The van der Waals surface area contributed by atoms with Crippen molar-refractivity contribution in [3.8, 4) is 0 Å². The van der Waals surface area contributed by atoms with Crippen LogP contribution in [0.1, 0.15) is 18.9 Å². The molecule has 0 spiro atoms. The Labute approximate surface area is 115 Å². The highest BCUT2D eigenvalue weighted by Gasteiger charge is 2.13. The van der Waals surface area contributed by atoms with E-state index in [1.54, 1.807) is 31.4 Å². The molecule has 0 aliphatic rings. The molecule has 0 saturated carbocycles. The average molecular weight is 286 g/mol. The maximum absolute atomic E-state index is 12.0. The van der Waals surface area contributed by atoms with Crippen molar-refractivity contribution in [3.63, 3.8) is 0 Å². The summed E-state index contributed by atoms with van der Waals surface area (Å²) in [6.45, 7) is 2.82. The molecule has 0 aliphatic heterocycles. The lowest BCUT2D eigenvalue weighted by Gasteiger charge is -2.09. The first-order valence-corrected chi connectivity index (χ1v) is 7.77. The molecule has 1 rings (SSSR count). The van der Waals surface area contributed by atoms with Crippen LogP contribution in [0, 0.1) is 0 Å². The Morgan fingerprint density at radius 1 is 1.32 bits per heavy atom. The molecule has 0 heterocycles. The second-order valence-electron chi connectivity index (χ2n) is 4.55. The molecule has 0 bridgehead atoms. The van der Waals surface area contributed by atoms with Gasteiger partial charge in [-0.05, 0) is 37.5 Å². The molecule has 19 heavy (non-hydrogen) atoms. The summed E-state index contributed by atoms with van der Waals surface area (Å²) in [6.07, 6.45) is 1.39. The first-order valence-electron chi connectivity index (χ1n) is 6.29. The quantitative estimate of drug-likeness (QED) is 0.743. The van der Waals surface area contributed by atoms with E-state index in [1.807, 2.05) is 6.92 Å². The van der Waals surface area contributed by atoms with E-state index in [4.69, 9.17) is 10.5 Å². The summed E-state index contributed by atoms with van der Waals surface area (Å²) in [5.41, 5.74) is 6.63. The Morgan fingerprint density at radius 2 is 1.95 bits per heavy atom. The normalized spacial score (nSPS) is 13.4. The first kappa shape index (κ1) is 16.1. The molecule has 1 unspecified atom stereocenters. The monoisotopic (exact) mass is 286 g/mol. The second kappa shape index (κ2) is 7.59. The van der Waals surface area contributed by atoms with E-state index in [-0.39, 0.29) is 10.9 Å². The lowest BCUT2D eigenvalue weighted by atomic mass is 10.2. The molecule has 6 heteroatoms. The zero-order valence-corrected chi connectivity index (χ0v) is 12.2. The summed E-state index contributed by atoms with van der Waals surface area (Å²) in [6, 6.07) is 6.82. The van der Waals surface area contributed by atoms with Crippen LogP contribution in [-0.4, -0.2) is 34.7 Å². The fourth-order valence-electron chi connectivity index (χ4n) is 1.56. The molecule has 0 radical (unpaired) electrons. The van der Waals surface area contributed by atoms with Crippen molar-refractivity contribution in [2.75, 3.05) is 20.3 Å². The minimum atomic E-state index is -3.43. The Kier molecular flexibility index (Phi) is 6.44. The molecule has 0 aliphatic carbocycles. The summed E-state index contributed by atoms with van der Waals surface area (Å²) in [5.74, 6) is 0. The summed E-state index contributed by atoms with van der Waals surface area (Å²) in [7, 11) is -1.79. The number of methoxy groups -OCH3 is 1. The molecule has 1 atom stereocenters. The van der Waals surface area contributed by atoms with Gasteiger partial charge in [0.2, 0.25) is 10.0 Å². The van der Waals surface area contributed by atoms with E-state index in [0.29, 0.717) is 19.6 Å². The third-order valence-electron chi connectivity index (χ3n) is 2.72. The predicted molar refractivity (Wildman–Crippen MR) is 75.5 cm³/mol. The molecular weight excluding hydrogens is 264 g/mol. The molecule has 5 nitrogen and oxygen atoms in total. The third kappa shape index (κ3) is 5.69. The molecule has 0 fully saturated rings. The van der Waals surface area contributed by atoms with Crippen molar-refractivity contribution in [2.24, 2.45) is 5.73 Å². The summed E-state index contributed by atoms with van der Waals surface area (Å²) in [5, 5.41) is 0. The van der Waals surface area contributed by atoms with E-state index < -0.39 is 10.0 Å². The fourth-order valence-corrected chi connectivity index (χ4v) is 2.61. The maximum atomic E-state index is 12.0. The number of nitrogens with one attached hydrogen (secondary N) is 1. The number of hydrogen-bond acceptors (Lipinski definition) is 4. The highest BCUT2D eigenvalue weighted by molar-refractivity contribution is 7.89. The van der Waals surface area contributed by atoms with Crippen LogP contribution in [0.4, 0.5) is 0 Å². The van der Waals surface area contributed by atoms with Crippen LogP contribution in [0.25, 0.3) is 0 Å². The Morgan fingerprint density at radius 3 is 2.47 bits per heavy atom. The van der Waals surface area contributed by atoms with Gasteiger partial charge in [0, 0.05) is 19.7 Å². The van der Waals surface area contributed by atoms with Crippen molar-refractivity contribution in [2.45, 2.75) is 30.7 Å². The van der Waals surface area contributed by atoms with E-state index in [1.165, 1.54) is 0 Å². The summed E-state index contributed by atoms with van der Waals surface area (Å²) >= 11 is 0. The van der Waals surface area contributed by atoms with Crippen molar-refractivity contribution >= 4 is 10.0 Å². The lowest BCUT2D eigenvalue weighted by Crippen LogP contribution is -2.29. The van der Waals surface area contributed by atoms with Crippen molar-refractivity contribution in [1.82, 2.24) is 4.72 Å². The summed E-state index contributed by atoms with van der Waals surface area (Å²) in [4.78, 5) is 0.276. The van der Waals surface area contributed by atoms with Crippen LogP contribution >= 0.6 is 0 Å². The average Bonchev–Trinajstić information content (AvgIpc) is 2.36. The van der Waals surface area contributed by atoms with Gasteiger partial charge in [0.25, 0.3) is 0 Å². The second-order valence-corrected chi connectivity index (χ2v) is 6.32. The molecule has 0 saturated heterocycles. The van der Waals surface area contributed by atoms with Crippen LogP contribution in [0.3, 0.4) is 0 Å². The number of nitrogens with two attached hydrogens (primary N) is 1. The predicted octanol–water partition coefficient (Wildman–Crippen LogP) is 0.891. The van der Waals surface area contributed by atoms with Gasteiger partial charge < -0.3 is 10.5 Å². The number of benzene rings is 1. The minimum Gasteiger partial charge on any atom is -0.384 e. The topological polar surface area (TPSA) is 81.4 Å². The highest BCUT2D eigenvalue weighted by Crippen LogP contribution is 2.11. The van der Waals surface area contributed by atoms with Gasteiger partial charge in [0.1, 0.15) is 0 Å². The molecule has 0 aromatic heterocycles. The molecule has 0 amide bonds. The van der Waals surface area contributed by atoms with E-state index in [9.17, 15) is 8.42 Å². The Bertz CT molecular complexity index is 469. The van der Waals surface area contributed by atoms with Gasteiger partial charge in [0.05, 0.1) is 11.5 Å². The lowest BCUT2D eigenvalue weighted by molar-refractivity contribution is 0.202. The van der Waals surface area contributed by atoms with Gasteiger partial charge in [-0.1, -0.05) is 12.1 Å². The number of sulfonamides is 1. The zero-order chi connectivity index (χ0) is 14.3. The zero-order valence-electron chi connectivity index (χ0n) is 11.4. The third-order valence-corrected chi connectivity index (χ3v) is 4.20. The van der Waals surface area contributed by atoms with E-state index >= 15 is 0 Å². The van der Waals surface area contributed by atoms with Gasteiger partial charge in [-0.15, -0.1) is 0 Å². The van der Waals surface area contributed by atoms with Gasteiger partial charge in [-0.3, -0.25) is 0 Å². The van der Waals surface area contributed by atoms with Crippen LogP contribution in [0.5, 0.6) is 0 Å². The Balaban J connectivity index is 2.63. The maximum Gasteiger partial charge on any atom is 0.240 e. The van der Waals surface area contributed by atoms with Crippen molar-refractivity contribution in [1.29, 1.82) is 0 Å². The molecule has 1 aromatic rings. The van der Waals surface area contributed by atoms with Crippen LogP contribution < -0.4 is 10.5 Å². The van der Waals surface area contributed by atoms with Crippen LogP contribution in [0.15, 0.2) is 29.2 Å². The van der Waals surface area contributed by atoms with E-state index in [2.05, 4.69) is 4.72 Å². The van der Waals surface area contributed by atoms with E-state index in [0.717, 1.165) is 12.0 Å². The van der Waals surface area contributed by atoms with Crippen LogP contribution in [-0.2, 0) is 21.2 Å². The highest BCUT2D eigenvalue weighted by atomic mass is 32.2. The van der Waals surface area contributed by atoms with Crippen LogP contribution in [0.2, 0.25) is 0 Å². The summed E-state index contributed by atoms with van der Waals surface area (Å²) < 4.78 is 31.4. The molecule has 1 aromatic carbocycles. The number of rotatable bonds is 8. The molecular formula is C13H22N2O3S. The fraction of sp³-hybridized carbons (Fsp3) is 0.538. The van der Waals surface area contributed by atoms with Gasteiger partial charge in [-0.2, -0.15) is 0 Å². The largest absolute Gasteiger partial charge is 0.384 e. The minimum absolute atomic E-state index is 0.0147. The van der Waals surface area contributed by atoms with Gasteiger partial charge in [0.15, 0.2) is 0 Å². The van der Waals surface area contributed by atoms with Crippen molar-refractivity contribution < 1.29 is 13.2 Å². The number of ether oxygens (including phenoxy) is 1. The van der Waals surface area contributed by atoms with Gasteiger partial charge in [-0.25, -0.2) is 13.1 Å². The number of hydrogen-bond donors (Lipinski definition) is 2. The molecule has 3 N–H and O–H groups in total. The first-order chi connectivity index (χ1) is 8.95. The standard InChI is InChI=1S/C13H22N2O3S/c1-11(14)7-9-15-19(16,17)13-5-3-12(4-6-13)8-10-18-2/h3-6,11,15H,7-10,14H2,1-2H3. The van der Waals surface area contributed by atoms with Gasteiger partial charge >= 0.3 is 0 Å². The SMILES string of the molecule is COCCc1ccc(S(=O)(=O)NCCC(C)N)cc1. The van der Waals surface area contributed by atoms with Crippen molar-refractivity contribution in [3.05, 3.63) is 29.8 Å². The smallest absolute Gasteiger partial charge is 0.240 e. The molecule has 108 valence electrons.